The van der Waals surface area contributed by atoms with Gasteiger partial charge in [0.05, 0.1) is 5.39 Å². The second-order valence-electron chi connectivity index (χ2n) is 11.0. The van der Waals surface area contributed by atoms with E-state index in [1.807, 2.05) is 25.4 Å². The molecule has 2 unspecified atom stereocenters. The molecule has 180 valence electrons. The van der Waals surface area contributed by atoms with Gasteiger partial charge < -0.3 is 24.0 Å². The number of pyridine rings is 1. The first-order valence-corrected chi connectivity index (χ1v) is 16.0. The Balaban J connectivity index is 1.46. The van der Waals surface area contributed by atoms with Gasteiger partial charge in [0, 0.05) is 69.4 Å². The van der Waals surface area contributed by atoms with Crippen molar-refractivity contribution in [3.63, 3.8) is 0 Å². The zero-order valence-electron chi connectivity index (χ0n) is 20.7. The van der Waals surface area contributed by atoms with E-state index in [2.05, 4.69) is 56.2 Å². The number of anilines is 1. The monoisotopic (exact) mass is 478 g/mol. The van der Waals surface area contributed by atoms with Crippen LogP contribution in [-0.2, 0) is 11.5 Å². The minimum Gasteiger partial charge on any atom is -0.437 e. The molecular weight excluding hydrogens is 443 g/mol. The van der Waals surface area contributed by atoms with Crippen molar-refractivity contribution in [3.05, 3.63) is 37.2 Å². The van der Waals surface area contributed by atoms with Crippen molar-refractivity contribution in [2.75, 3.05) is 37.7 Å². The Bertz CT molecular complexity index is 1120. The maximum atomic E-state index is 10.0. The quantitative estimate of drug-likeness (QED) is 0.393. The third-order valence-corrected chi connectivity index (χ3v) is 8.92. The highest BCUT2D eigenvalue weighted by Gasteiger charge is 2.42. The topological polar surface area (TPSA) is 79.5 Å². The highest BCUT2D eigenvalue weighted by atomic mass is 28.3. The fourth-order valence-corrected chi connectivity index (χ4v) is 6.05. The lowest BCUT2D eigenvalue weighted by Crippen LogP contribution is -2.37. The van der Waals surface area contributed by atoms with E-state index in [0.29, 0.717) is 18.6 Å². The normalized spacial score (nSPS) is 20.9. The van der Waals surface area contributed by atoms with E-state index >= 15 is 0 Å². The molecule has 2 saturated heterocycles. The molecule has 0 radical (unpaired) electrons. The van der Waals surface area contributed by atoms with Gasteiger partial charge in [0.15, 0.2) is 0 Å². The zero-order valence-corrected chi connectivity index (χ0v) is 21.7. The lowest BCUT2D eigenvalue weighted by atomic mass is 9.85. The molecule has 0 aliphatic carbocycles. The Labute approximate surface area is 203 Å². The van der Waals surface area contributed by atoms with E-state index in [0.717, 1.165) is 61.0 Å². The lowest BCUT2D eigenvalue weighted by molar-refractivity contribution is 0.0899. The van der Waals surface area contributed by atoms with E-state index in [1.54, 1.807) is 6.33 Å². The minimum absolute atomic E-state index is 0.369. The minimum atomic E-state index is -1.14. The molecule has 5 rings (SSSR count). The molecule has 5 heterocycles. The molecule has 0 saturated carbocycles. The van der Waals surface area contributed by atoms with Crippen LogP contribution in [0.3, 0.4) is 0 Å². The Morgan fingerprint density at radius 3 is 2.47 bits per heavy atom. The van der Waals surface area contributed by atoms with Crippen LogP contribution < -0.4 is 4.90 Å². The molecule has 3 aromatic heterocycles. The molecule has 2 atom stereocenters. The Kier molecular flexibility index (Phi) is 6.50. The summed E-state index contributed by atoms with van der Waals surface area (Å²) in [7, 11) is -1.51. The maximum Gasteiger partial charge on any atom is 0.376 e. The van der Waals surface area contributed by atoms with Gasteiger partial charge in [0.2, 0.25) is 0 Å². The van der Waals surface area contributed by atoms with Gasteiger partial charge in [0.1, 0.15) is 18.7 Å². The molecule has 2 fully saturated rings. The number of ether oxygens (including phenoxy) is 1. The van der Waals surface area contributed by atoms with Crippen molar-refractivity contribution >= 4 is 31.8 Å². The van der Waals surface area contributed by atoms with E-state index in [-0.39, 0.29) is 7.05 Å². The van der Waals surface area contributed by atoms with Crippen LogP contribution in [0.4, 0.5) is 5.69 Å². The summed E-state index contributed by atoms with van der Waals surface area (Å²) in [6, 6.07) is 3.28. The van der Waals surface area contributed by atoms with Crippen LogP contribution >= 0.6 is 0 Å². The lowest BCUT2D eigenvalue weighted by Gasteiger charge is -2.24. The Morgan fingerprint density at radius 2 is 1.82 bits per heavy atom. The van der Waals surface area contributed by atoms with E-state index in [4.69, 9.17) is 9.72 Å². The predicted octanol–water partition coefficient (Wildman–Crippen LogP) is 3.28. The third kappa shape index (κ3) is 4.77. The number of hydrogen-bond acceptors (Lipinski definition) is 7. The molecule has 8 nitrogen and oxygen atoms in total. The van der Waals surface area contributed by atoms with Gasteiger partial charge in [-0.05, 0) is 43.9 Å². The number of rotatable bonds is 8. The molecule has 34 heavy (non-hydrogen) atoms. The van der Waals surface area contributed by atoms with Crippen LogP contribution in [-0.4, -0.2) is 77.3 Å². The molecular formula is C24H35BN6O2Si. The summed E-state index contributed by atoms with van der Waals surface area (Å²) in [5.74, 6) is 1.15. The van der Waals surface area contributed by atoms with Gasteiger partial charge in [-0.2, -0.15) is 0 Å². The van der Waals surface area contributed by atoms with Gasteiger partial charge in [0.25, 0.3) is 0 Å². The number of fused-ring (bicyclic) bond motifs is 2. The van der Waals surface area contributed by atoms with Gasteiger partial charge in [-0.3, -0.25) is 0 Å². The van der Waals surface area contributed by atoms with Crippen LogP contribution in [0, 0.1) is 11.8 Å². The molecule has 1 N–H and O–H groups in total. The zero-order chi connectivity index (χ0) is 23.9. The maximum absolute atomic E-state index is 10.0. The largest absolute Gasteiger partial charge is 0.437 e. The number of hydrogen-bond donors (Lipinski definition) is 1. The van der Waals surface area contributed by atoms with Gasteiger partial charge in [-0.1, -0.05) is 19.6 Å². The highest BCUT2D eigenvalue weighted by Crippen LogP contribution is 2.40. The van der Waals surface area contributed by atoms with Gasteiger partial charge in [-0.25, -0.2) is 15.0 Å². The summed E-state index contributed by atoms with van der Waals surface area (Å²) < 4.78 is 8.22. The summed E-state index contributed by atoms with van der Waals surface area (Å²) in [6.07, 6.45) is 9.36. The number of aromatic nitrogens is 4. The molecule has 10 heteroatoms. The Morgan fingerprint density at radius 1 is 1.12 bits per heavy atom. The van der Waals surface area contributed by atoms with Crippen molar-refractivity contribution in [1.82, 2.24) is 24.3 Å². The fraction of sp³-hybridized carbons (Fsp3) is 0.542. The molecule has 2 aliphatic heterocycles. The van der Waals surface area contributed by atoms with E-state index < -0.39 is 8.07 Å². The van der Waals surface area contributed by atoms with Gasteiger partial charge in [-0.15, -0.1) is 0 Å². The second-order valence-corrected chi connectivity index (χ2v) is 16.6. The van der Waals surface area contributed by atoms with Crippen LogP contribution in [0.25, 0.3) is 22.2 Å². The van der Waals surface area contributed by atoms with E-state index in [1.165, 1.54) is 5.69 Å². The molecule has 3 aromatic rings. The average Bonchev–Trinajstić information content (AvgIpc) is 3.48. The van der Waals surface area contributed by atoms with Crippen LogP contribution in [0.5, 0.6) is 0 Å². The summed E-state index contributed by atoms with van der Waals surface area (Å²) >= 11 is 0. The van der Waals surface area contributed by atoms with Crippen molar-refractivity contribution in [2.45, 2.75) is 39.2 Å². The SMILES string of the molecule is CB(O)N1CC2CN(c3ccnc4c3c(-c3cncnc3)cn4COCC[Si](C)(C)C)CC2C1. The van der Waals surface area contributed by atoms with Gasteiger partial charge >= 0.3 is 7.05 Å². The van der Waals surface area contributed by atoms with Crippen molar-refractivity contribution in [3.8, 4) is 11.1 Å². The van der Waals surface area contributed by atoms with Crippen molar-refractivity contribution < 1.29 is 9.76 Å². The van der Waals surface area contributed by atoms with Crippen molar-refractivity contribution in [2.24, 2.45) is 11.8 Å². The first-order chi connectivity index (χ1) is 16.3. The molecule has 0 aromatic carbocycles. The Hall–Kier alpha value is -2.27. The summed E-state index contributed by atoms with van der Waals surface area (Å²) in [5.41, 5.74) is 4.23. The smallest absolute Gasteiger partial charge is 0.376 e. The van der Waals surface area contributed by atoms with Crippen LogP contribution in [0.15, 0.2) is 37.2 Å². The first-order valence-electron chi connectivity index (χ1n) is 12.3. The number of nitrogens with zero attached hydrogens (tertiary/aromatic N) is 6. The average molecular weight is 478 g/mol. The summed E-state index contributed by atoms with van der Waals surface area (Å²) in [5, 5.41) is 11.1. The summed E-state index contributed by atoms with van der Waals surface area (Å²) in [6.45, 7) is 14.1. The molecule has 2 aliphatic rings. The molecule has 0 bridgehead atoms. The third-order valence-electron chi connectivity index (χ3n) is 7.22. The molecule has 0 spiro atoms. The standard InChI is InChI=1S/C24H35BN6O2Si/c1-25(32)31-13-19-11-29(12-20(19)14-31)22-5-6-28-24-23(22)21(18-9-26-16-27-10-18)15-30(24)17-33-7-8-34(2,3)4/h5-6,9-10,15-16,19-20,32H,7-8,11-14,17H2,1-4H3. The second kappa shape index (κ2) is 9.41. The molecule has 0 amide bonds. The van der Waals surface area contributed by atoms with E-state index in [9.17, 15) is 5.02 Å². The fourth-order valence-electron chi connectivity index (χ4n) is 5.29. The van der Waals surface area contributed by atoms with Crippen molar-refractivity contribution in [1.29, 1.82) is 0 Å². The first kappa shape index (κ1) is 23.5. The predicted molar refractivity (Wildman–Crippen MR) is 139 cm³/mol. The van der Waals surface area contributed by atoms with Crippen LogP contribution in [0.1, 0.15) is 0 Å². The highest BCUT2D eigenvalue weighted by molar-refractivity contribution is 6.76. The van der Waals surface area contributed by atoms with Crippen LogP contribution in [0.2, 0.25) is 32.5 Å². The summed E-state index contributed by atoms with van der Waals surface area (Å²) in [4.78, 5) is 18.0.